The molecular formula is C8H12F3N2O5S2+. The van der Waals surface area contributed by atoms with Crippen molar-refractivity contribution < 1.29 is 38.2 Å². The van der Waals surface area contributed by atoms with Crippen LogP contribution in [0.15, 0.2) is 18.7 Å². The third kappa shape index (κ3) is 3.49. The van der Waals surface area contributed by atoms with Gasteiger partial charge in [-0.05, 0) is 0 Å². The van der Waals surface area contributed by atoms with Crippen LogP contribution in [0.25, 0.3) is 0 Å². The van der Waals surface area contributed by atoms with Gasteiger partial charge in [-0.3, -0.25) is 0 Å². The van der Waals surface area contributed by atoms with Crippen LogP contribution in [0, 0.1) is 0 Å². The van der Waals surface area contributed by atoms with Crippen molar-refractivity contribution in [2.24, 2.45) is 7.05 Å². The molecule has 0 amide bonds. The maximum Gasteiger partial charge on any atom is 0.524 e. The molecule has 0 radical (unpaired) electrons. The number of hydrogen-bond donors (Lipinski definition) is 0. The number of alkyl halides is 3. The summed E-state index contributed by atoms with van der Waals surface area (Å²) < 4.78 is 87.3. The molecule has 0 spiro atoms. The fourth-order valence-corrected chi connectivity index (χ4v) is 3.91. The van der Waals surface area contributed by atoms with Gasteiger partial charge < -0.3 is 0 Å². The summed E-state index contributed by atoms with van der Waals surface area (Å²) in [7, 11) is -9.67. The van der Waals surface area contributed by atoms with Gasteiger partial charge in [0.15, 0.2) is 0 Å². The molecule has 0 aliphatic carbocycles. The van der Waals surface area contributed by atoms with Crippen molar-refractivity contribution in [1.29, 1.82) is 0 Å². The zero-order valence-electron chi connectivity index (χ0n) is 10.4. The summed E-state index contributed by atoms with van der Waals surface area (Å²) in [6.07, 6.45) is 3.81. The molecule has 1 atom stereocenters. The molecule has 12 heteroatoms. The topological polar surface area (TPSA) is 86.3 Å². The van der Waals surface area contributed by atoms with Crippen LogP contribution in [0.4, 0.5) is 13.2 Å². The number of halogens is 3. The van der Waals surface area contributed by atoms with Crippen LogP contribution in [-0.2, 0) is 30.9 Å². The zero-order chi connectivity index (χ0) is 15.8. The van der Waals surface area contributed by atoms with Gasteiger partial charge in [0.1, 0.15) is 12.4 Å². The molecule has 0 aromatic carbocycles. The van der Waals surface area contributed by atoms with E-state index in [-0.39, 0.29) is 6.42 Å². The highest BCUT2D eigenvalue weighted by Crippen LogP contribution is 2.30. The van der Waals surface area contributed by atoms with Crippen molar-refractivity contribution in [3.63, 3.8) is 0 Å². The Balaban J connectivity index is 3.16. The third-order valence-electron chi connectivity index (χ3n) is 2.27. The monoisotopic (exact) mass is 337 g/mol. The summed E-state index contributed by atoms with van der Waals surface area (Å²) in [4.78, 5) is 0. The Bertz CT molecular complexity index is 677. The lowest BCUT2D eigenvalue weighted by molar-refractivity contribution is -0.671. The largest absolute Gasteiger partial charge is 0.524 e. The number of imidazole rings is 1. The molecule has 116 valence electrons. The van der Waals surface area contributed by atoms with Crippen LogP contribution in [0.3, 0.4) is 0 Å². The third-order valence-corrected chi connectivity index (χ3v) is 5.56. The van der Waals surface area contributed by atoms with Gasteiger partial charge in [-0.15, -0.1) is 3.63 Å². The van der Waals surface area contributed by atoms with E-state index >= 15 is 0 Å². The SMILES string of the molecule is CCC(n1cc[n+](C)c1)S(=O)(=O)OS(=O)(=O)C(F)(F)F. The number of nitrogens with zero attached hydrogens (tertiary/aromatic N) is 2. The first kappa shape index (κ1) is 16.9. The van der Waals surface area contributed by atoms with Gasteiger partial charge in [0.2, 0.25) is 11.7 Å². The van der Waals surface area contributed by atoms with E-state index in [2.05, 4.69) is 3.63 Å². The first-order chi connectivity index (χ1) is 8.90. The van der Waals surface area contributed by atoms with Crippen LogP contribution < -0.4 is 4.57 Å². The Hall–Kier alpha value is -1.14. The van der Waals surface area contributed by atoms with E-state index in [9.17, 15) is 30.0 Å². The number of hydrogen-bond acceptors (Lipinski definition) is 5. The average Bonchev–Trinajstić information content (AvgIpc) is 2.61. The minimum Gasteiger partial charge on any atom is -0.240 e. The van der Waals surface area contributed by atoms with Crippen LogP contribution in [0.2, 0.25) is 0 Å². The predicted octanol–water partition coefficient (Wildman–Crippen LogP) is 0.417. The molecule has 1 aromatic rings. The molecule has 0 fully saturated rings. The fraction of sp³-hybridized carbons (Fsp3) is 0.625. The molecule has 1 rings (SSSR count). The Labute approximate surface area is 113 Å². The lowest BCUT2D eigenvalue weighted by atomic mass is 10.5. The van der Waals surface area contributed by atoms with Crippen molar-refractivity contribution in [3.05, 3.63) is 18.7 Å². The normalized spacial score (nSPS) is 15.2. The minimum atomic E-state index is -6.22. The van der Waals surface area contributed by atoms with Crippen LogP contribution >= 0.6 is 0 Å². The highest BCUT2D eigenvalue weighted by Gasteiger charge is 2.52. The van der Waals surface area contributed by atoms with Gasteiger partial charge in [-0.1, -0.05) is 6.92 Å². The summed E-state index contributed by atoms with van der Waals surface area (Å²) in [5.74, 6) is 0. The van der Waals surface area contributed by atoms with Crippen molar-refractivity contribution in [2.75, 3.05) is 0 Å². The van der Waals surface area contributed by atoms with E-state index in [1.807, 2.05) is 0 Å². The second-order valence-electron chi connectivity index (χ2n) is 3.85. The summed E-state index contributed by atoms with van der Waals surface area (Å²) >= 11 is 0. The lowest BCUT2D eigenvalue weighted by Gasteiger charge is -2.13. The predicted molar refractivity (Wildman–Crippen MR) is 59.9 cm³/mol. The van der Waals surface area contributed by atoms with E-state index in [0.29, 0.717) is 0 Å². The molecule has 0 aliphatic heterocycles. The lowest BCUT2D eigenvalue weighted by Crippen LogP contribution is -2.32. The van der Waals surface area contributed by atoms with Gasteiger partial charge in [0.25, 0.3) is 0 Å². The highest BCUT2D eigenvalue weighted by atomic mass is 32.3. The molecule has 1 unspecified atom stereocenters. The number of rotatable bonds is 5. The van der Waals surface area contributed by atoms with Crippen molar-refractivity contribution in [1.82, 2.24) is 4.57 Å². The molecular weight excluding hydrogens is 325 g/mol. The van der Waals surface area contributed by atoms with Gasteiger partial charge in [0.05, 0.1) is 7.05 Å². The number of aryl methyl sites for hydroxylation is 1. The standard InChI is InChI=1S/C8H12F3N2O5S2/c1-3-7(13-5-4-12(2)6-13)19(14,15)18-20(16,17)8(9,10)11/h4-7H,3H2,1-2H3/q+1. The second-order valence-corrected chi connectivity index (χ2v) is 7.30. The Morgan fingerprint density at radius 1 is 1.30 bits per heavy atom. The molecule has 20 heavy (non-hydrogen) atoms. The van der Waals surface area contributed by atoms with E-state index in [1.165, 1.54) is 30.2 Å². The van der Waals surface area contributed by atoms with E-state index in [0.717, 1.165) is 4.57 Å². The number of aromatic nitrogens is 2. The van der Waals surface area contributed by atoms with E-state index in [1.54, 1.807) is 7.05 Å². The maximum absolute atomic E-state index is 12.1. The van der Waals surface area contributed by atoms with Crippen molar-refractivity contribution in [3.8, 4) is 0 Å². The highest BCUT2D eigenvalue weighted by molar-refractivity contribution is 8.00. The van der Waals surface area contributed by atoms with Crippen molar-refractivity contribution in [2.45, 2.75) is 24.2 Å². The minimum absolute atomic E-state index is 0.176. The molecule has 0 saturated carbocycles. The smallest absolute Gasteiger partial charge is 0.240 e. The zero-order valence-corrected chi connectivity index (χ0v) is 12.0. The quantitative estimate of drug-likeness (QED) is 0.574. The fourth-order valence-electron chi connectivity index (χ4n) is 1.41. The molecule has 0 saturated heterocycles. The summed E-state index contributed by atoms with van der Waals surface area (Å²) in [6.45, 7) is 1.37. The summed E-state index contributed by atoms with van der Waals surface area (Å²) in [5, 5.41) is -1.58. The first-order valence-electron chi connectivity index (χ1n) is 5.19. The Kier molecular flexibility index (Phi) is 4.51. The Morgan fingerprint density at radius 3 is 2.20 bits per heavy atom. The van der Waals surface area contributed by atoms with Gasteiger partial charge in [0, 0.05) is 6.42 Å². The van der Waals surface area contributed by atoms with E-state index in [4.69, 9.17) is 0 Å². The van der Waals surface area contributed by atoms with Gasteiger partial charge in [-0.2, -0.15) is 30.0 Å². The molecule has 0 aliphatic rings. The maximum atomic E-state index is 12.1. The molecule has 0 N–H and O–H groups in total. The molecule has 7 nitrogen and oxygen atoms in total. The van der Waals surface area contributed by atoms with Crippen LogP contribution in [0.1, 0.15) is 18.7 Å². The van der Waals surface area contributed by atoms with Gasteiger partial charge in [-0.25, -0.2) is 9.13 Å². The average molecular weight is 337 g/mol. The van der Waals surface area contributed by atoms with E-state index < -0.39 is 31.1 Å². The second kappa shape index (κ2) is 5.33. The molecule has 0 bridgehead atoms. The van der Waals surface area contributed by atoms with Crippen LogP contribution in [0.5, 0.6) is 0 Å². The van der Waals surface area contributed by atoms with Crippen molar-refractivity contribution >= 4 is 20.2 Å². The summed E-state index contributed by atoms with van der Waals surface area (Å²) in [5.41, 5.74) is -5.81. The molecule has 1 heterocycles. The Morgan fingerprint density at radius 2 is 1.85 bits per heavy atom. The summed E-state index contributed by atoms with van der Waals surface area (Å²) in [6, 6.07) is 0. The van der Waals surface area contributed by atoms with Crippen LogP contribution in [-0.4, -0.2) is 26.9 Å². The first-order valence-corrected chi connectivity index (χ1v) is 8.07. The van der Waals surface area contributed by atoms with Gasteiger partial charge >= 0.3 is 25.7 Å². The molecule has 1 aromatic heterocycles.